The van der Waals surface area contributed by atoms with E-state index in [1.807, 2.05) is 12.1 Å². The van der Waals surface area contributed by atoms with Crippen LogP contribution < -0.4 is 14.8 Å². The Morgan fingerprint density at radius 3 is 2.75 bits per heavy atom. The number of hydrogen-bond donors (Lipinski definition) is 1. The summed E-state index contributed by atoms with van der Waals surface area (Å²) in [6.45, 7) is 4.74. The summed E-state index contributed by atoms with van der Waals surface area (Å²) in [4.78, 5) is 13.4. The molecule has 2 aromatic carbocycles. The van der Waals surface area contributed by atoms with E-state index in [2.05, 4.69) is 46.2 Å². The second-order valence-corrected chi connectivity index (χ2v) is 9.61. The largest absolute Gasteiger partial charge is 0.493 e. The molecule has 0 bridgehead atoms. The van der Waals surface area contributed by atoms with Crippen molar-refractivity contribution in [2.24, 2.45) is 0 Å². The Balaban J connectivity index is 1.53. The van der Waals surface area contributed by atoms with E-state index in [0.717, 1.165) is 32.5 Å². The van der Waals surface area contributed by atoms with Gasteiger partial charge in [0.2, 0.25) is 0 Å². The summed E-state index contributed by atoms with van der Waals surface area (Å²) in [5, 5.41) is 3.96. The molecule has 0 amide bonds. The van der Waals surface area contributed by atoms with Gasteiger partial charge in [0.05, 0.1) is 35.7 Å². The summed E-state index contributed by atoms with van der Waals surface area (Å²) >= 11 is 5.97. The Kier molecular flexibility index (Phi) is 9.14. The Labute approximate surface area is 216 Å². The van der Waals surface area contributed by atoms with E-state index in [1.165, 1.54) is 18.5 Å². The maximum absolute atomic E-state index is 13.6. The van der Waals surface area contributed by atoms with E-state index in [0.29, 0.717) is 53.7 Å². The van der Waals surface area contributed by atoms with Crippen LogP contribution in [0.4, 0.5) is 15.9 Å². The lowest BCUT2D eigenvalue weighted by molar-refractivity contribution is 0.142. The average molecular weight is 518 g/mol. The van der Waals surface area contributed by atoms with Crippen LogP contribution >= 0.6 is 11.6 Å². The Bertz CT molecular complexity index is 1160. The van der Waals surface area contributed by atoms with E-state index in [-0.39, 0.29) is 11.1 Å². The van der Waals surface area contributed by atoms with Crippen molar-refractivity contribution in [3.8, 4) is 11.5 Å². The zero-order valence-corrected chi connectivity index (χ0v) is 21.7. The van der Waals surface area contributed by atoms with Gasteiger partial charge in [-0.05, 0) is 45.8 Å². The third kappa shape index (κ3) is 7.16. The van der Waals surface area contributed by atoms with Crippen molar-refractivity contribution in [1.29, 1.82) is 0 Å². The van der Waals surface area contributed by atoms with Crippen LogP contribution in [0.3, 0.4) is 0 Å². The van der Waals surface area contributed by atoms with E-state index in [4.69, 9.17) is 25.8 Å². The molecular formula is C26H33ClFN5O3. The summed E-state index contributed by atoms with van der Waals surface area (Å²) in [5.74, 6) is 1.34. The SMILES string of the molecule is CN(C)CCN(C)CCCOc1cc(OC2CCOC2)c2c(Nc3ccc(F)c(Cl)c3)ncnc2c1. The fraction of sp³-hybridized carbons (Fsp3) is 0.462. The minimum absolute atomic E-state index is 0.0287. The predicted octanol–water partition coefficient (Wildman–Crippen LogP) is 4.60. The molecule has 0 radical (unpaired) electrons. The number of halogens is 2. The lowest BCUT2D eigenvalue weighted by Crippen LogP contribution is -2.29. The molecule has 2 heterocycles. The second kappa shape index (κ2) is 12.5. The van der Waals surface area contributed by atoms with Crippen LogP contribution in [0.5, 0.6) is 11.5 Å². The van der Waals surface area contributed by atoms with Crippen LogP contribution in [0.25, 0.3) is 10.9 Å². The highest BCUT2D eigenvalue weighted by atomic mass is 35.5. The average Bonchev–Trinajstić information content (AvgIpc) is 3.36. The van der Waals surface area contributed by atoms with Gasteiger partial charge in [-0.2, -0.15) is 0 Å². The topological polar surface area (TPSA) is 72.0 Å². The highest BCUT2D eigenvalue weighted by Crippen LogP contribution is 2.37. The summed E-state index contributed by atoms with van der Waals surface area (Å²) in [7, 11) is 6.27. The maximum atomic E-state index is 13.6. The number of likely N-dealkylation sites (N-methyl/N-ethyl adjacent to an activating group) is 2. The first-order valence-electron chi connectivity index (χ1n) is 12.1. The smallest absolute Gasteiger partial charge is 0.145 e. The Morgan fingerprint density at radius 1 is 1.14 bits per heavy atom. The molecule has 0 saturated carbocycles. The van der Waals surface area contributed by atoms with Gasteiger partial charge in [-0.1, -0.05) is 11.6 Å². The standard InChI is InChI=1S/C26H33ClFN5O3/c1-32(2)9-10-33(3)8-4-11-35-20-14-23-25(24(15-20)36-19-7-12-34-16-19)26(30-17-29-23)31-18-5-6-22(28)21(27)13-18/h5-6,13-15,17,19H,4,7-12,16H2,1-3H3,(H,29,30,31). The number of rotatable bonds is 12. The van der Waals surface area contributed by atoms with Crippen LogP contribution in [0.15, 0.2) is 36.7 Å². The van der Waals surface area contributed by atoms with Crippen molar-refractivity contribution < 1.29 is 18.6 Å². The molecule has 1 N–H and O–H groups in total. The maximum Gasteiger partial charge on any atom is 0.145 e. The fourth-order valence-electron chi connectivity index (χ4n) is 3.90. The molecule has 1 fully saturated rings. The number of nitrogens with zero attached hydrogens (tertiary/aromatic N) is 4. The van der Waals surface area contributed by atoms with Crippen molar-refractivity contribution in [3.05, 3.63) is 47.5 Å². The number of hydrogen-bond acceptors (Lipinski definition) is 8. The Morgan fingerprint density at radius 2 is 2.00 bits per heavy atom. The van der Waals surface area contributed by atoms with Gasteiger partial charge in [-0.15, -0.1) is 0 Å². The molecular weight excluding hydrogens is 485 g/mol. The van der Waals surface area contributed by atoms with Crippen molar-refractivity contribution in [3.63, 3.8) is 0 Å². The number of anilines is 2. The zero-order valence-electron chi connectivity index (χ0n) is 21.0. The predicted molar refractivity (Wildman–Crippen MR) is 140 cm³/mol. The molecule has 0 aliphatic carbocycles. The van der Waals surface area contributed by atoms with Crippen molar-refractivity contribution in [2.45, 2.75) is 18.9 Å². The third-order valence-electron chi connectivity index (χ3n) is 5.92. The van der Waals surface area contributed by atoms with Gasteiger partial charge in [-0.25, -0.2) is 14.4 Å². The molecule has 1 aliphatic heterocycles. The minimum Gasteiger partial charge on any atom is -0.493 e. The van der Waals surface area contributed by atoms with E-state index < -0.39 is 5.82 Å². The van der Waals surface area contributed by atoms with Gasteiger partial charge in [0.15, 0.2) is 0 Å². The number of benzene rings is 2. The molecule has 1 aliphatic rings. The molecule has 0 spiro atoms. The van der Waals surface area contributed by atoms with Gasteiger partial charge in [-0.3, -0.25) is 0 Å². The molecule has 1 saturated heterocycles. The molecule has 10 heteroatoms. The van der Waals surface area contributed by atoms with Gasteiger partial charge in [0.25, 0.3) is 0 Å². The highest BCUT2D eigenvalue weighted by molar-refractivity contribution is 6.31. The molecule has 3 aromatic rings. The summed E-state index contributed by atoms with van der Waals surface area (Å²) in [6.07, 6.45) is 3.11. The molecule has 1 atom stereocenters. The second-order valence-electron chi connectivity index (χ2n) is 9.20. The van der Waals surface area contributed by atoms with Gasteiger partial charge in [0, 0.05) is 43.9 Å². The number of ether oxygens (including phenoxy) is 3. The molecule has 8 nitrogen and oxygen atoms in total. The lowest BCUT2D eigenvalue weighted by Gasteiger charge is -2.20. The number of fused-ring (bicyclic) bond motifs is 1. The highest BCUT2D eigenvalue weighted by Gasteiger charge is 2.21. The monoisotopic (exact) mass is 517 g/mol. The third-order valence-corrected chi connectivity index (χ3v) is 6.21. The van der Waals surface area contributed by atoms with Gasteiger partial charge in [0.1, 0.15) is 35.6 Å². The van der Waals surface area contributed by atoms with Crippen LogP contribution in [0.1, 0.15) is 12.8 Å². The summed E-state index contributed by atoms with van der Waals surface area (Å²) in [6, 6.07) is 8.19. The zero-order chi connectivity index (χ0) is 25.5. The van der Waals surface area contributed by atoms with E-state index in [1.54, 1.807) is 6.07 Å². The summed E-state index contributed by atoms with van der Waals surface area (Å²) < 4.78 is 31.5. The molecule has 194 valence electrons. The van der Waals surface area contributed by atoms with Crippen molar-refractivity contribution in [1.82, 2.24) is 19.8 Å². The van der Waals surface area contributed by atoms with Crippen LogP contribution in [-0.4, -0.2) is 86.5 Å². The quantitative estimate of drug-likeness (QED) is 0.350. The van der Waals surface area contributed by atoms with Crippen LogP contribution in [0.2, 0.25) is 5.02 Å². The van der Waals surface area contributed by atoms with Crippen LogP contribution in [-0.2, 0) is 4.74 Å². The number of aromatic nitrogens is 2. The normalized spacial score (nSPS) is 15.7. The van der Waals surface area contributed by atoms with Gasteiger partial charge < -0.3 is 29.3 Å². The van der Waals surface area contributed by atoms with Crippen molar-refractivity contribution in [2.75, 3.05) is 65.9 Å². The Hall–Kier alpha value is -2.72. The summed E-state index contributed by atoms with van der Waals surface area (Å²) in [5.41, 5.74) is 1.28. The molecule has 1 unspecified atom stereocenters. The van der Waals surface area contributed by atoms with Gasteiger partial charge >= 0.3 is 0 Å². The van der Waals surface area contributed by atoms with Crippen molar-refractivity contribution >= 4 is 34.0 Å². The molecule has 36 heavy (non-hydrogen) atoms. The fourth-order valence-corrected chi connectivity index (χ4v) is 4.08. The molecule has 1 aromatic heterocycles. The van der Waals surface area contributed by atoms with Crippen LogP contribution in [0, 0.1) is 5.82 Å². The van der Waals surface area contributed by atoms with E-state index in [9.17, 15) is 4.39 Å². The van der Waals surface area contributed by atoms with E-state index >= 15 is 0 Å². The first-order valence-corrected chi connectivity index (χ1v) is 12.5. The first-order chi connectivity index (χ1) is 17.4. The molecule has 4 rings (SSSR count). The minimum atomic E-state index is -0.481. The first kappa shape index (κ1) is 26.3. The lowest BCUT2D eigenvalue weighted by atomic mass is 10.2. The number of nitrogens with one attached hydrogen (secondary N) is 1.